The summed E-state index contributed by atoms with van der Waals surface area (Å²) in [4.78, 5) is 0. The highest BCUT2D eigenvalue weighted by atomic mass is 35.5. The van der Waals surface area contributed by atoms with Crippen LogP contribution in [-0.4, -0.2) is 0 Å². The van der Waals surface area contributed by atoms with Gasteiger partial charge in [-0.15, -0.1) is 0 Å². The Balaban J connectivity index is 1.78. The first-order valence-corrected chi connectivity index (χ1v) is 7.17. The summed E-state index contributed by atoms with van der Waals surface area (Å²) in [5, 5.41) is 12.9. The molecule has 1 aliphatic carbocycles. The fourth-order valence-corrected chi connectivity index (χ4v) is 2.59. The van der Waals surface area contributed by atoms with Gasteiger partial charge >= 0.3 is 0 Å². The maximum Gasteiger partial charge on any atom is 0.0992 e. The molecule has 1 N–H and O–H groups in total. The topological polar surface area (TPSA) is 35.8 Å². The number of halogens is 1. The number of nitrogens with zero attached hydrogens (tertiary/aromatic N) is 1. The number of hydrogen-bond acceptors (Lipinski definition) is 2. The highest BCUT2D eigenvalue weighted by molar-refractivity contribution is 6.33. The minimum atomic E-state index is 0.618. The van der Waals surface area contributed by atoms with Crippen LogP contribution in [0.1, 0.15) is 35.4 Å². The lowest BCUT2D eigenvalue weighted by Gasteiger charge is -2.12. The molecule has 1 aliphatic rings. The Kier molecular flexibility index (Phi) is 3.62. The van der Waals surface area contributed by atoms with E-state index in [0.717, 1.165) is 18.2 Å². The molecular formula is C17H15ClN2. The molecule has 0 radical (unpaired) electrons. The SMILES string of the molecule is N#Cc1ccc(Cl)c(NCc2ccccc2C2CC2)c1. The standard InChI is InChI=1S/C17H15ClN2/c18-16-8-5-12(10-19)9-17(16)20-11-14-3-1-2-4-15(14)13-6-7-13/h1-5,8-9,13,20H,6-7,11H2. The highest BCUT2D eigenvalue weighted by Gasteiger charge is 2.25. The molecule has 0 amide bonds. The van der Waals surface area contributed by atoms with Gasteiger partial charge in [-0.2, -0.15) is 5.26 Å². The van der Waals surface area contributed by atoms with Gasteiger partial charge in [0, 0.05) is 6.54 Å². The minimum Gasteiger partial charge on any atom is -0.380 e. The molecule has 0 saturated heterocycles. The first-order chi connectivity index (χ1) is 9.78. The van der Waals surface area contributed by atoms with E-state index in [0.29, 0.717) is 10.6 Å². The maximum atomic E-state index is 8.94. The predicted octanol–water partition coefficient (Wildman–Crippen LogP) is 4.70. The molecule has 1 fully saturated rings. The normalized spacial score (nSPS) is 13.8. The Hall–Kier alpha value is -1.98. The molecule has 0 atom stereocenters. The third-order valence-corrected chi connectivity index (χ3v) is 3.97. The monoisotopic (exact) mass is 282 g/mol. The van der Waals surface area contributed by atoms with Crippen molar-refractivity contribution in [2.75, 3.05) is 5.32 Å². The van der Waals surface area contributed by atoms with Crippen LogP contribution in [0, 0.1) is 11.3 Å². The molecule has 0 unspecified atom stereocenters. The summed E-state index contributed by atoms with van der Waals surface area (Å²) in [5.74, 6) is 0.730. The lowest BCUT2D eigenvalue weighted by atomic mass is 10.0. The van der Waals surface area contributed by atoms with Gasteiger partial charge in [0.1, 0.15) is 0 Å². The summed E-state index contributed by atoms with van der Waals surface area (Å²) in [6.07, 6.45) is 2.59. The summed E-state index contributed by atoms with van der Waals surface area (Å²) in [5.41, 5.74) is 4.18. The Morgan fingerprint density at radius 3 is 2.75 bits per heavy atom. The van der Waals surface area contributed by atoms with Gasteiger partial charge < -0.3 is 5.32 Å². The summed E-state index contributed by atoms with van der Waals surface area (Å²) in [6, 6.07) is 15.9. The van der Waals surface area contributed by atoms with Gasteiger partial charge in [0.25, 0.3) is 0 Å². The van der Waals surface area contributed by atoms with Crippen LogP contribution in [0.25, 0.3) is 0 Å². The van der Waals surface area contributed by atoms with E-state index in [2.05, 4.69) is 35.7 Å². The van der Waals surface area contributed by atoms with E-state index in [1.165, 1.54) is 24.0 Å². The number of rotatable bonds is 4. The number of nitriles is 1. The molecule has 0 aliphatic heterocycles. The van der Waals surface area contributed by atoms with Crippen molar-refractivity contribution in [3.63, 3.8) is 0 Å². The maximum absolute atomic E-state index is 8.94. The van der Waals surface area contributed by atoms with Gasteiger partial charge in [0.2, 0.25) is 0 Å². The third kappa shape index (κ3) is 2.79. The van der Waals surface area contributed by atoms with Crippen LogP contribution in [-0.2, 0) is 6.54 Å². The Labute approximate surface area is 124 Å². The fraction of sp³-hybridized carbons (Fsp3) is 0.235. The van der Waals surface area contributed by atoms with E-state index in [4.69, 9.17) is 16.9 Å². The van der Waals surface area contributed by atoms with Crippen LogP contribution in [0.5, 0.6) is 0 Å². The highest BCUT2D eigenvalue weighted by Crippen LogP contribution is 2.41. The van der Waals surface area contributed by atoms with Gasteiger partial charge in [-0.3, -0.25) is 0 Å². The average Bonchev–Trinajstić information content (AvgIpc) is 3.31. The van der Waals surface area contributed by atoms with Crippen LogP contribution in [0.4, 0.5) is 5.69 Å². The van der Waals surface area contributed by atoms with Gasteiger partial charge in [0.15, 0.2) is 0 Å². The quantitative estimate of drug-likeness (QED) is 0.882. The number of benzene rings is 2. The average molecular weight is 283 g/mol. The van der Waals surface area contributed by atoms with Crippen LogP contribution in [0.15, 0.2) is 42.5 Å². The largest absolute Gasteiger partial charge is 0.380 e. The Morgan fingerprint density at radius 1 is 1.20 bits per heavy atom. The van der Waals surface area contributed by atoms with Crippen molar-refractivity contribution in [1.29, 1.82) is 5.26 Å². The summed E-state index contributed by atoms with van der Waals surface area (Å²) >= 11 is 6.16. The van der Waals surface area contributed by atoms with Gasteiger partial charge in [-0.25, -0.2) is 0 Å². The predicted molar refractivity (Wildman–Crippen MR) is 81.9 cm³/mol. The zero-order chi connectivity index (χ0) is 13.9. The van der Waals surface area contributed by atoms with E-state index < -0.39 is 0 Å². The molecule has 1 saturated carbocycles. The van der Waals surface area contributed by atoms with E-state index in [9.17, 15) is 0 Å². The molecule has 0 heterocycles. The lowest BCUT2D eigenvalue weighted by molar-refractivity contribution is 1.04. The van der Waals surface area contributed by atoms with E-state index in [-0.39, 0.29) is 0 Å². The lowest BCUT2D eigenvalue weighted by Crippen LogP contribution is -2.03. The first-order valence-electron chi connectivity index (χ1n) is 6.79. The molecule has 0 aromatic heterocycles. The second-order valence-corrected chi connectivity index (χ2v) is 5.54. The minimum absolute atomic E-state index is 0.618. The van der Waals surface area contributed by atoms with E-state index in [1.807, 2.05) is 0 Å². The smallest absolute Gasteiger partial charge is 0.0992 e. The van der Waals surface area contributed by atoms with Gasteiger partial charge in [-0.1, -0.05) is 35.9 Å². The molecule has 2 nitrogen and oxygen atoms in total. The molecular weight excluding hydrogens is 268 g/mol. The second-order valence-electron chi connectivity index (χ2n) is 5.13. The molecule has 3 rings (SSSR count). The van der Waals surface area contributed by atoms with Crippen molar-refractivity contribution in [1.82, 2.24) is 0 Å². The molecule has 20 heavy (non-hydrogen) atoms. The fourth-order valence-electron chi connectivity index (χ4n) is 2.41. The molecule has 0 spiro atoms. The van der Waals surface area contributed by atoms with Crippen LogP contribution >= 0.6 is 11.6 Å². The number of nitrogens with one attached hydrogen (secondary N) is 1. The van der Waals surface area contributed by atoms with E-state index in [1.54, 1.807) is 18.2 Å². The van der Waals surface area contributed by atoms with Crippen LogP contribution in [0.3, 0.4) is 0 Å². The van der Waals surface area contributed by atoms with Crippen molar-refractivity contribution < 1.29 is 0 Å². The first kappa shape index (κ1) is 13.0. The number of anilines is 1. The van der Waals surface area contributed by atoms with Gasteiger partial charge in [0.05, 0.1) is 22.3 Å². The van der Waals surface area contributed by atoms with Crippen molar-refractivity contribution in [3.05, 3.63) is 64.2 Å². The van der Waals surface area contributed by atoms with Crippen molar-refractivity contribution in [3.8, 4) is 6.07 Å². The zero-order valence-electron chi connectivity index (χ0n) is 11.1. The third-order valence-electron chi connectivity index (χ3n) is 3.64. The molecule has 3 heteroatoms. The van der Waals surface area contributed by atoms with Crippen molar-refractivity contribution in [2.24, 2.45) is 0 Å². The number of hydrogen-bond donors (Lipinski definition) is 1. The van der Waals surface area contributed by atoms with Crippen LogP contribution in [0.2, 0.25) is 5.02 Å². The van der Waals surface area contributed by atoms with Crippen molar-refractivity contribution in [2.45, 2.75) is 25.3 Å². The summed E-state index contributed by atoms with van der Waals surface area (Å²) < 4.78 is 0. The molecule has 100 valence electrons. The second kappa shape index (κ2) is 5.56. The summed E-state index contributed by atoms with van der Waals surface area (Å²) in [7, 11) is 0. The molecule has 2 aromatic carbocycles. The molecule has 0 bridgehead atoms. The van der Waals surface area contributed by atoms with Gasteiger partial charge in [-0.05, 0) is 48.1 Å². The van der Waals surface area contributed by atoms with Crippen molar-refractivity contribution >= 4 is 17.3 Å². The van der Waals surface area contributed by atoms with E-state index >= 15 is 0 Å². The Bertz CT molecular complexity index is 669. The molecule has 2 aromatic rings. The summed E-state index contributed by atoms with van der Waals surface area (Å²) in [6.45, 7) is 0.737. The zero-order valence-corrected chi connectivity index (χ0v) is 11.8. The van der Waals surface area contributed by atoms with Crippen LogP contribution < -0.4 is 5.32 Å². The Morgan fingerprint density at radius 2 is 2.00 bits per heavy atom.